The molecule has 0 aliphatic carbocycles. The van der Waals surface area contributed by atoms with Gasteiger partial charge in [-0.3, -0.25) is 0 Å². The zero-order chi connectivity index (χ0) is 11.5. The normalized spacial score (nSPS) is 22.2. The molecule has 2 rings (SSSR count). The van der Waals surface area contributed by atoms with E-state index in [0.29, 0.717) is 11.6 Å². The maximum Gasteiger partial charge on any atom is 0.117 e. The molecule has 1 heterocycles. The summed E-state index contributed by atoms with van der Waals surface area (Å²) >= 11 is 0. The summed E-state index contributed by atoms with van der Waals surface area (Å²) in [6.45, 7) is 2.36. The Morgan fingerprint density at radius 2 is 2.31 bits per heavy atom. The number of piperidine rings is 1. The summed E-state index contributed by atoms with van der Waals surface area (Å²) in [4.78, 5) is 2.38. The van der Waals surface area contributed by atoms with Crippen molar-refractivity contribution in [3.05, 3.63) is 23.8 Å². The molecular formula is C13H20N2O. The van der Waals surface area contributed by atoms with E-state index in [4.69, 9.17) is 5.73 Å². The van der Waals surface area contributed by atoms with Crippen molar-refractivity contribution < 1.29 is 5.11 Å². The van der Waals surface area contributed by atoms with Crippen LogP contribution in [0.5, 0.6) is 5.75 Å². The fourth-order valence-corrected chi connectivity index (χ4v) is 2.52. The molecule has 1 aliphatic rings. The second kappa shape index (κ2) is 4.74. The van der Waals surface area contributed by atoms with Gasteiger partial charge in [0.15, 0.2) is 0 Å². The van der Waals surface area contributed by atoms with Crippen molar-refractivity contribution >= 4 is 5.69 Å². The molecule has 1 aromatic rings. The maximum atomic E-state index is 9.30. The largest absolute Gasteiger partial charge is 0.508 e. The highest BCUT2D eigenvalue weighted by atomic mass is 16.3. The van der Waals surface area contributed by atoms with Crippen molar-refractivity contribution in [1.29, 1.82) is 0 Å². The number of anilines is 1. The van der Waals surface area contributed by atoms with Crippen LogP contribution in [0.1, 0.15) is 18.4 Å². The minimum Gasteiger partial charge on any atom is -0.508 e. The van der Waals surface area contributed by atoms with Crippen LogP contribution in [-0.4, -0.2) is 30.1 Å². The first-order valence-corrected chi connectivity index (χ1v) is 5.91. The SMILES string of the molecule is CN1CCCC(Cc2ccc(O)cc2N)C1. The number of aromatic hydroxyl groups is 1. The Balaban J connectivity index is 2.02. The maximum absolute atomic E-state index is 9.30. The van der Waals surface area contributed by atoms with Crippen molar-refractivity contribution in [3.8, 4) is 5.75 Å². The minimum absolute atomic E-state index is 0.252. The van der Waals surface area contributed by atoms with Crippen molar-refractivity contribution in [1.82, 2.24) is 4.90 Å². The highest BCUT2D eigenvalue weighted by Crippen LogP contribution is 2.25. The van der Waals surface area contributed by atoms with Gasteiger partial charge in [0, 0.05) is 18.3 Å². The van der Waals surface area contributed by atoms with Gasteiger partial charge < -0.3 is 15.7 Å². The molecule has 1 unspecified atom stereocenters. The average molecular weight is 220 g/mol. The molecule has 1 aromatic carbocycles. The summed E-state index contributed by atoms with van der Waals surface area (Å²) in [6.07, 6.45) is 3.58. The van der Waals surface area contributed by atoms with Gasteiger partial charge in [0.2, 0.25) is 0 Å². The standard InChI is InChI=1S/C13H20N2O/c1-15-6-2-3-10(9-15)7-11-4-5-12(16)8-13(11)14/h4-5,8,10,16H,2-3,6-7,9,14H2,1H3. The summed E-state index contributed by atoms with van der Waals surface area (Å²) in [5.41, 5.74) is 7.78. The first kappa shape index (κ1) is 11.3. The van der Waals surface area contributed by atoms with E-state index in [2.05, 4.69) is 11.9 Å². The summed E-state index contributed by atoms with van der Waals surface area (Å²) in [5, 5.41) is 9.30. The van der Waals surface area contributed by atoms with Gasteiger partial charge >= 0.3 is 0 Å². The summed E-state index contributed by atoms with van der Waals surface area (Å²) in [6, 6.07) is 5.30. The number of rotatable bonds is 2. The third-order valence-corrected chi connectivity index (χ3v) is 3.36. The molecule has 3 nitrogen and oxygen atoms in total. The van der Waals surface area contributed by atoms with E-state index in [1.165, 1.54) is 19.4 Å². The Bertz CT molecular complexity index is 365. The lowest BCUT2D eigenvalue weighted by atomic mass is 9.91. The molecule has 1 atom stereocenters. The minimum atomic E-state index is 0.252. The second-order valence-corrected chi connectivity index (χ2v) is 4.86. The molecule has 1 aliphatic heterocycles. The van der Waals surface area contributed by atoms with Gasteiger partial charge in [-0.2, -0.15) is 0 Å². The summed E-state index contributed by atoms with van der Waals surface area (Å²) < 4.78 is 0. The molecular weight excluding hydrogens is 200 g/mol. The third kappa shape index (κ3) is 2.67. The predicted octanol–water partition coefficient (Wildman–Crippen LogP) is 1.86. The molecule has 0 bridgehead atoms. The monoisotopic (exact) mass is 220 g/mol. The van der Waals surface area contributed by atoms with E-state index in [0.717, 1.165) is 18.5 Å². The van der Waals surface area contributed by atoms with Gasteiger partial charge in [-0.15, -0.1) is 0 Å². The van der Waals surface area contributed by atoms with E-state index < -0.39 is 0 Å². The third-order valence-electron chi connectivity index (χ3n) is 3.36. The molecule has 0 saturated carbocycles. The van der Waals surface area contributed by atoms with Crippen LogP contribution in [0.2, 0.25) is 0 Å². The van der Waals surface area contributed by atoms with E-state index in [1.807, 2.05) is 6.07 Å². The van der Waals surface area contributed by atoms with Crippen LogP contribution < -0.4 is 5.73 Å². The number of likely N-dealkylation sites (tertiary alicyclic amines) is 1. The van der Waals surface area contributed by atoms with Crippen LogP contribution in [-0.2, 0) is 6.42 Å². The summed E-state index contributed by atoms with van der Waals surface area (Å²) in [7, 11) is 2.17. The van der Waals surface area contributed by atoms with Crippen LogP contribution in [0.4, 0.5) is 5.69 Å². The fraction of sp³-hybridized carbons (Fsp3) is 0.538. The van der Waals surface area contributed by atoms with Crippen LogP contribution in [0.25, 0.3) is 0 Å². The Morgan fingerprint density at radius 3 is 3.00 bits per heavy atom. The predicted molar refractivity (Wildman–Crippen MR) is 66.4 cm³/mol. The van der Waals surface area contributed by atoms with Gasteiger partial charge in [0.05, 0.1) is 0 Å². The van der Waals surface area contributed by atoms with Crippen molar-refractivity contribution in [3.63, 3.8) is 0 Å². The summed E-state index contributed by atoms with van der Waals surface area (Å²) in [5.74, 6) is 0.951. The number of hydrogen-bond acceptors (Lipinski definition) is 3. The molecule has 3 N–H and O–H groups in total. The number of nitrogen functional groups attached to an aromatic ring is 1. The van der Waals surface area contributed by atoms with Gasteiger partial charge in [0.25, 0.3) is 0 Å². The van der Waals surface area contributed by atoms with Crippen LogP contribution in [0, 0.1) is 5.92 Å². The molecule has 3 heteroatoms. The van der Waals surface area contributed by atoms with Crippen LogP contribution in [0.15, 0.2) is 18.2 Å². The first-order valence-electron chi connectivity index (χ1n) is 5.91. The Kier molecular flexibility index (Phi) is 3.34. The Labute approximate surface area is 96.9 Å². The average Bonchev–Trinajstić information content (AvgIpc) is 2.22. The quantitative estimate of drug-likeness (QED) is 0.748. The topological polar surface area (TPSA) is 49.5 Å². The van der Waals surface area contributed by atoms with E-state index in [-0.39, 0.29) is 5.75 Å². The van der Waals surface area contributed by atoms with E-state index in [1.54, 1.807) is 12.1 Å². The van der Waals surface area contributed by atoms with Gasteiger partial charge in [-0.25, -0.2) is 0 Å². The fourth-order valence-electron chi connectivity index (χ4n) is 2.52. The smallest absolute Gasteiger partial charge is 0.117 e. The van der Waals surface area contributed by atoms with Gasteiger partial charge in [-0.05, 0) is 50.4 Å². The number of hydrogen-bond donors (Lipinski definition) is 2. The number of benzene rings is 1. The number of nitrogens with two attached hydrogens (primary N) is 1. The second-order valence-electron chi connectivity index (χ2n) is 4.86. The van der Waals surface area contributed by atoms with Gasteiger partial charge in [-0.1, -0.05) is 6.07 Å². The molecule has 0 aromatic heterocycles. The van der Waals surface area contributed by atoms with Crippen LogP contribution >= 0.6 is 0 Å². The highest BCUT2D eigenvalue weighted by molar-refractivity contribution is 5.51. The molecule has 16 heavy (non-hydrogen) atoms. The molecule has 1 fully saturated rings. The van der Waals surface area contributed by atoms with Gasteiger partial charge in [0.1, 0.15) is 5.75 Å². The Morgan fingerprint density at radius 1 is 1.50 bits per heavy atom. The lowest BCUT2D eigenvalue weighted by Gasteiger charge is -2.29. The zero-order valence-electron chi connectivity index (χ0n) is 9.82. The highest BCUT2D eigenvalue weighted by Gasteiger charge is 2.18. The molecule has 1 saturated heterocycles. The van der Waals surface area contributed by atoms with E-state index in [9.17, 15) is 5.11 Å². The molecule has 0 amide bonds. The van der Waals surface area contributed by atoms with Crippen molar-refractivity contribution in [2.75, 3.05) is 25.9 Å². The molecule has 0 radical (unpaired) electrons. The van der Waals surface area contributed by atoms with Crippen molar-refractivity contribution in [2.45, 2.75) is 19.3 Å². The molecule has 0 spiro atoms. The Hall–Kier alpha value is -1.22. The number of nitrogens with zero attached hydrogens (tertiary/aromatic N) is 1. The van der Waals surface area contributed by atoms with E-state index >= 15 is 0 Å². The molecule has 88 valence electrons. The number of phenolic OH excluding ortho intramolecular Hbond substituents is 1. The number of phenols is 1. The van der Waals surface area contributed by atoms with Crippen molar-refractivity contribution in [2.24, 2.45) is 5.92 Å². The zero-order valence-corrected chi connectivity index (χ0v) is 9.82. The first-order chi connectivity index (χ1) is 7.65. The lowest BCUT2D eigenvalue weighted by Crippen LogP contribution is -2.33. The van der Waals surface area contributed by atoms with Crippen LogP contribution in [0.3, 0.4) is 0 Å². The lowest BCUT2D eigenvalue weighted by molar-refractivity contribution is 0.209.